The summed E-state index contributed by atoms with van der Waals surface area (Å²) in [4.78, 5) is 0. The number of allylic oxidation sites excluding steroid dienone is 4. The second-order valence-corrected chi connectivity index (χ2v) is 26.8. The summed E-state index contributed by atoms with van der Waals surface area (Å²) in [6.07, 6.45) is 2.30. The van der Waals surface area contributed by atoms with E-state index in [4.69, 9.17) is 4.21 Å². The van der Waals surface area contributed by atoms with Gasteiger partial charge in [0.2, 0.25) is 0 Å². The fourth-order valence-corrected chi connectivity index (χ4v) is 13.0. The first-order valence-electron chi connectivity index (χ1n) is 11.2. The number of halogens is 2. The van der Waals surface area contributed by atoms with Gasteiger partial charge in [-0.3, -0.25) is 0 Å². The molecule has 2 aliphatic rings. The molecule has 0 aliphatic heterocycles. The van der Waals surface area contributed by atoms with E-state index >= 15 is 0 Å². The van der Waals surface area contributed by atoms with Crippen LogP contribution in [0.3, 0.4) is 0 Å². The summed E-state index contributed by atoms with van der Waals surface area (Å²) < 4.78 is 8.37. The number of rotatable bonds is 4. The van der Waals surface area contributed by atoms with Crippen LogP contribution in [-0.4, -0.2) is 20.4 Å². The first-order valence-corrected chi connectivity index (χ1v) is 22.4. The number of benzene rings is 2. The molecule has 4 rings (SSSR count). The SMILES string of the molecule is [CH2]=[Zr+2]([C]1=C(C)c2cc([Si](C)(C)C)ccc2C1)[C]1=C(C)c2cc([Si](C)(C)C)ccc2C1.[Cl-].[Cl-]. The van der Waals surface area contributed by atoms with Crippen molar-refractivity contribution in [1.82, 2.24) is 0 Å². The summed E-state index contributed by atoms with van der Waals surface area (Å²) >= 11 is -2.07. The molecule has 0 radical (unpaired) electrons. The molecule has 32 heavy (non-hydrogen) atoms. The predicted molar refractivity (Wildman–Crippen MR) is 139 cm³/mol. The van der Waals surface area contributed by atoms with E-state index in [2.05, 4.69) is 89.5 Å². The maximum atomic E-state index is 4.91. The van der Waals surface area contributed by atoms with Crippen LogP contribution in [0.2, 0.25) is 39.3 Å². The Hall–Kier alpha value is -0.313. The largest absolute Gasteiger partial charge is 1.00 e. The standard InChI is InChI=1S/2C13H17Si.CH2.2ClH.Zr/c2*1-10-5-6-11-7-8-12(9-13(10)11)14(2,3)4;;;;/h2*7-9H,6H2,1-4H3;1H2;2*1H;/q;;;;;+2/p-2. The molecule has 0 nitrogen and oxygen atoms in total. The predicted octanol–water partition coefficient (Wildman–Crippen LogP) is 0.110. The first-order chi connectivity index (χ1) is 13.9. The van der Waals surface area contributed by atoms with Crippen molar-refractivity contribution in [2.24, 2.45) is 0 Å². The van der Waals surface area contributed by atoms with Gasteiger partial charge in [-0.25, -0.2) is 0 Å². The van der Waals surface area contributed by atoms with Crippen molar-refractivity contribution in [1.29, 1.82) is 0 Å². The molecule has 0 saturated heterocycles. The fourth-order valence-electron chi connectivity index (χ4n) is 4.91. The molecule has 2 aliphatic carbocycles. The van der Waals surface area contributed by atoms with Gasteiger partial charge in [0, 0.05) is 0 Å². The Morgan fingerprint density at radius 2 is 1.00 bits per heavy atom. The van der Waals surface area contributed by atoms with Crippen LogP contribution < -0.4 is 35.2 Å². The summed E-state index contributed by atoms with van der Waals surface area (Å²) in [5.41, 5.74) is 9.27. The molecule has 0 spiro atoms. The van der Waals surface area contributed by atoms with Crippen molar-refractivity contribution in [3.8, 4) is 0 Å². The van der Waals surface area contributed by atoms with Crippen LogP contribution in [-0.2, 0) is 34.1 Å². The van der Waals surface area contributed by atoms with Crippen molar-refractivity contribution in [3.63, 3.8) is 0 Å². The van der Waals surface area contributed by atoms with E-state index in [1.54, 1.807) is 39.2 Å². The molecule has 0 atom stereocenters. The van der Waals surface area contributed by atoms with Gasteiger partial charge in [0.25, 0.3) is 0 Å². The molecule has 0 N–H and O–H groups in total. The zero-order valence-electron chi connectivity index (χ0n) is 20.8. The number of fused-ring (bicyclic) bond motifs is 2. The van der Waals surface area contributed by atoms with Gasteiger partial charge in [0.1, 0.15) is 0 Å². The normalized spacial score (nSPS) is 15.0. The van der Waals surface area contributed by atoms with E-state index in [9.17, 15) is 0 Å². The third-order valence-corrected chi connectivity index (χ3v) is 17.5. The maximum absolute atomic E-state index is 4.91. The summed E-state index contributed by atoms with van der Waals surface area (Å²) in [6.45, 7) is 19.4. The third kappa shape index (κ3) is 5.03. The summed E-state index contributed by atoms with van der Waals surface area (Å²) in [6, 6.07) is 14.7. The topological polar surface area (TPSA) is 0 Å². The second-order valence-electron chi connectivity index (χ2n) is 11.3. The van der Waals surface area contributed by atoms with Gasteiger partial charge in [-0.1, -0.05) is 0 Å². The molecule has 0 bridgehead atoms. The van der Waals surface area contributed by atoms with Crippen LogP contribution in [0.1, 0.15) is 36.1 Å². The average Bonchev–Trinajstić information content (AvgIpc) is 3.17. The molecular formula is C27H36Cl2Si2Zr. The average molecular weight is 579 g/mol. The zero-order chi connectivity index (χ0) is 22.0. The Balaban J connectivity index is 0.00000181. The Bertz CT molecular complexity index is 1060. The van der Waals surface area contributed by atoms with Crippen molar-refractivity contribution in [2.45, 2.75) is 66.0 Å². The van der Waals surface area contributed by atoms with Gasteiger partial charge in [0.15, 0.2) is 0 Å². The zero-order valence-corrected chi connectivity index (χ0v) is 26.8. The summed E-state index contributed by atoms with van der Waals surface area (Å²) in [7, 11) is -2.57. The van der Waals surface area contributed by atoms with Crippen LogP contribution in [0.25, 0.3) is 11.1 Å². The maximum Gasteiger partial charge on any atom is -1.00 e. The van der Waals surface area contributed by atoms with Crippen LogP contribution in [0.4, 0.5) is 0 Å². The minimum absolute atomic E-state index is 0. The van der Waals surface area contributed by atoms with Crippen molar-refractivity contribution in [2.75, 3.05) is 0 Å². The monoisotopic (exact) mass is 576 g/mol. The van der Waals surface area contributed by atoms with Crippen molar-refractivity contribution in [3.05, 3.63) is 65.2 Å². The molecule has 0 saturated carbocycles. The molecule has 0 aromatic heterocycles. The van der Waals surface area contributed by atoms with Crippen molar-refractivity contribution >= 4 is 41.9 Å². The number of hydrogen-bond acceptors (Lipinski definition) is 0. The van der Waals surface area contributed by atoms with Gasteiger partial charge in [0.05, 0.1) is 0 Å². The number of hydrogen-bond donors (Lipinski definition) is 0. The molecule has 170 valence electrons. The Morgan fingerprint density at radius 1 is 0.656 bits per heavy atom. The van der Waals surface area contributed by atoms with E-state index in [-0.39, 0.29) is 24.8 Å². The van der Waals surface area contributed by atoms with E-state index in [1.807, 2.05) is 0 Å². The van der Waals surface area contributed by atoms with Gasteiger partial charge in [-0.2, -0.15) is 0 Å². The van der Waals surface area contributed by atoms with Crippen LogP contribution in [0, 0.1) is 0 Å². The minimum atomic E-state index is -2.07. The molecule has 0 fully saturated rings. The van der Waals surface area contributed by atoms with Gasteiger partial charge < -0.3 is 24.8 Å². The van der Waals surface area contributed by atoms with Gasteiger partial charge >= 0.3 is 194 Å². The van der Waals surface area contributed by atoms with E-state index in [0.717, 1.165) is 12.8 Å². The third-order valence-electron chi connectivity index (χ3n) is 7.13. The molecule has 2 aromatic rings. The Kier molecular flexibility index (Phi) is 8.50. The quantitative estimate of drug-likeness (QED) is 0.452. The summed E-state index contributed by atoms with van der Waals surface area (Å²) in [5, 5.41) is 3.16. The van der Waals surface area contributed by atoms with E-state index in [1.165, 1.54) is 11.1 Å². The second kappa shape index (κ2) is 9.74. The molecule has 2 aromatic carbocycles. The van der Waals surface area contributed by atoms with Crippen LogP contribution in [0.15, 0.2) is 43.0 Å². The van der Waals surface area contributed by atoms with Gasteiger partial charge in [-0.05, 0) is 0 Å². The minimum Gasteiger partial charge on any atom is -1.00 e. The molecule has 5 heteroatoms. The van der Waals surface area contributed by atoms with Gasteiger partial charge in [-0.15, -0.1) is 0 Å². The molecular weight excluding hydrogens is 543 g/mol. The first kappa shape index (κ1) is 27.9. The smallest absolute Gasteiger partial charge is 1.00 e. The Labute approximate surface area is 217 Å². The van der Waals surface area contributed by atoms with Crippen molar-refractivity contribution < 1.29 is 46.1 Å². The molecule has 0 amide bonds. The van der Waals surface area contributed by atoms with Crippen LogP contribution in [0.5, 0.6) is 0 Å². The van der Waals surface area contributed by atoms with E-state index in [0.29, 0.717) is 0 Å². The Morgan fingerprint density at radius 3 is 1.31 bits per heavy atom. The fraction of sp³-hybridized carbons (Fsp3) is 0.370. The summed E-state index contributed by atoms with van der Waals surface area (Å²) in [5.74, 6) is 0. The van der Waals surface area contributed by atoms with E-state index < -0.39 is 37.4 Å². The molecule has 0 unspecified atom stereocenters. The van der Waals surface area contributed by atoms with Crippen LogP contribution >= 0.6 is 0 Å². The molecule has 0 heterocycles.